The molecule has 3 aromatic rings. The number of amides is 1. The number of hydrogen-bond acceptors (Lipinski definition) is 4. The van der Waals surface area contributed by atoms with Gasteiger partial charge in [0.1, 0.15) is 0 Å². The van der Waals surface area contributed by atoms with Crippen LogP contribution in [0.5, 0.6) is 5.75 Å². The summed E-state index contributed by atoms with van der Waals surface area (Å²) < 4.78 is 5.31. The van der Waals surface area contributed by atoms with Gasteiger partial charge in [-0.25, -0.2) is 0 Å². The van der Waals surface area contributed by atoms with Crippen molar-refractivity contribution in [3.8, 4) is 5.75 Å². The minimum absolute atomic E-state index is 0.00194. The Bertz CT molecular complexity index is 1010. The van der Waals surface area contributed by atoms with E-state index < -0.39 is 4.92 Å². The number of carbonyl (C=O) groups is 1. The first-order chi connectivity index (χ1) is 12.9. The van der Waals surface area contributed by atoms with Gasteiger partial charge in [0, 0.05) is 11.1 Å². The van der Waals surface area contributed by atoms with E-state index in [1.54, 1.807) is 0 Å². The number of benzene rings is 3. The zero-order chi connectivity index (χ0) is 19.4. The molecule has 0 heterocycles. The monoisotopic (exact) mass is 384 g/mol. The number of ether oxygens (including phenoxy) is 1. The van der Waals surface area contributed by atoms with Crippen molar-refractivity contribution in [1.82, 2.24) is 5.32 Å². The van der Waals surface area contributed by atoms with Crippen LogP contribution in [0.1, 0.15) is 18.5 Å². The van der Waals surface area contributed by atoms with E-state index in [4.69, 9.17) is 16.3 Å². The highest BCUT2D eigenvalue weighted by atomic mass is 35.5. The van der Waals surface area contributed by atoms with Crippen molar-refractivity contribution in [1.29, 1.82) is 0 Å². The molecule has 0 bridgehead atoms. The molecule has 0 aliphatic carbocycles. The summed E-state index contributed by atoms with van der Waals surface area (Å²) in [6, 6.07) is 17.7. The highest BCUT2D eigenvalue weighted by molar-refractivity contribution is 6.30. The number of halogens is 1. The van der Waals surface area contributed by atoms with Gasteiger partial charge in [-0.2, -0.15) is 0 Å². The Morgan fingerprint density at radius 3 is 2.63 bits per heavy atom. The van der Waals surface area contributed by atoms with Gasteiger partial charge in [0.05, 0.1) is 11.0 Å². The standard InChI is InChI=1S/C20H17ClN2O4/c1-13(15-7-6-14-4-2-3-5-16(14)10-15)22-20(24)12-27-19-9-8-17(21)11-18(19)23(25)26/h2-11,13H,12H2,1H3,(H,22,24)/t13-/m0/s1. The number of nitro benzene ring substituents is 1. The maximum absolute atomic E-state index is 12.2. The van der Waals surface area contributed by atoms with E-state index in [1.807, 2.05) is 49.4 Å². The second-order valence-electron chi connectivity index (χ2n) is 6.05. The molecule has 0 unspecified atom stereocenters. The molecule has 0 aliphatic rings. The van der Waals surface area contributed by atoms with Crippen LogP contribution in [0, 0.1) is 10.1 Å². The van der Waals surface area contributed by atoms with Crippen molar-refractivity contribution in [2.45, 2.75) is 13.0 Å². The molecule has 27 heavy (non-hydrogen) atoms. The Balaban J connectivity index is 1.64. The molecule has 0 spiro atoms. The van der Waals surface area contributed by atoms with Crippen LogP contribution in [0.25, 0.3) is 10.8 Å². The molecule has 7 heteroatoms. The molecule has 3 aromatic carbocycles. The quantitative estimate of drug-likeness (QED) is 0.495. The van der Waals surface area contributed by atoms with Crippen LogP contribution in [0.4, 0.5) is 5.69 Å². The van der Waals surface area contributed by atoms with Crippen molar-refractivity contribution in [3.63, 3.8) is 0 Å². The Labute approximate surface area is 160 Å². The van der Waals surface area contributed by atoms with Crippen molar-refractivity contribution >= 4 is 34.0 Å². The largest absolute Gasteiger partial charge is 0.477 e. The van der Waals surface area contributed by atoms with Crippen LogP contribution in [0.2, 0.25) is 5.02 Å². The SMILES string of the molecule is C[C@H](NC(=O)COc1ccc(Cl)cc1[N+](=O)[O-])c1ccc2ccccc2c1. The summed E-state index contributed by atoms with van der Waals surface area (Å²) in [5.41, 5.74) is 0.678. The normalized spacial score (nSPS) is 11.8. The molecule has 6 nitrogen and oxygen atoms in total. The predicted molar refractivity (Wildman–Crippen MR) is 104 cm³/mol. The lowest BCUT2D eigenvalue weighted by atomic mass is 10.0. The minimum Gasteiger partial charge on any atom is -0.477 e. The molecule has 0 saturated heterocycles. The average Bonchev–Trinajstić information content (AvgIpc) is 2.66. The zero-order valence-electron chi connectivity index (χ0n) is 14.5. The second kappa shape index (κ2) is 8.05. The van der Waals surface area contributed by atoms with Gasteiger partial charge in [0.25, 0.3) is 5.91 Å². The van der Waals surface area contributed by atoms with Crippen LogP contribution >= 0.6 is 11.6 Å². The van der Waals surface area contributed by atoms with Gasteiger partial charge in [0.2, 0.25) is 0 Å². The van der Waals surface area contributed by atoms with Crippen molar-refractivity contribution in [3.05, 3.63) is 81.4 Å². The van der Waals surface area contributed by atoms with Crippen molar-refractivity contribution in [2.24, 2.45) is 0 Å². The third kappa shape index (κ3) is 4.54. The number of fused-ring (bicyclic) bond motifs is 1. The number of rotatable bonds is 6. The second-order valence-corrected chi connectivity index (χ2v) is 6.49. The number of nitrogens with zero attached hydrogens (tertiary/aromatic N) is 1. The first-order valence-corrected chi connectivity index (χ1v) is 8.66. The van der Waals surface area contributed by atoms with E-state index in [2.05, 4.69) is 5.32 Å². The van der Waals surface area contributed by atoms with Gasteiger partial charge in [-0.1, -0.05) is 48.0 Å². The Morgan fingerprint density at radius 2 is 1.89 bits per heavy atom. The lowest BCUT2D eigenvalue weighted by molar-refractivity contribution is -0.385. The molecule has 0 fully saturated rings. The highest BCUT2D eigenvalue weighted by Gasteiger charge is 2.17. The Morgan fingerprint density at radius 1 is 1.15 bits per heavy atom. The molecule has 1 atom stereocenters. The summed E-state index contributed by atoms with van der Waals surface area (Å²) in [4.78, 5) is 22.6. The summed E-state index contributed by atoms with van der Waals surface area (Å²) in [7, 11) is 0. The molecule has 0 aliphatic heterocycles. The number of nitrogens with one attached hydrogen (secondary N) is 1. The van der Waals surface area contributed by atoms with Crippen LogP contribution in [-0.4, -0.2) is 17.4 Å². The van der Waals surface area contributed by atoms with E-state index in [-0.39, 0.29) is 35.0 Å². The maximum atomic E-state index is 12.2. The topological polar surface area (TPSA) is 81.5 Å². The van der Waals surface area contributed by atoms with E-state index in [0.717, 1.165) is 16.3 Å². The zero-order valence-corrected chi connectivity index (χ0v) is 15.3. The Hall–Kier alpha value is -3.12. The summed E-state index contributed by atoms with van der Waals surface area (Å²) in [6.07, 6.45) is 0. The van der Waals surface area contributed by atoms with E-state index in [9.17, 15) is 14.9 Å². The lowest BCUT2D eigenvalue weighted by Gasteiger charge is -2.15. The molecular formula is C20H17ClN2O4. The molecule has 0 aromatic heterocycles. The van der Waals surface area contributed by atoms with E-state index >= 15 is 0 Å². The van der Waals surface area contributed by atoms with Crippen molar-refractivity contribution < 1.29 is 14.5 Å². The first kappa shape index (κ1) is 18.7. The molecule has 1 amide bonds. The number of carbonyl (C=O) groups excluding carboxylic acids is 1. The van der Waals surface area contributed by atoms with Gasteiger partial charge in [-0.3, -0.25) is 14.9 Å². The van der Waals surface area contributed by atoms with Crippen LogP contribution in [0.3, 0.4) is 0 Å². The average molecular weight is 385 g/mol. The lowest BCUT2D eigenvalue weighted by Crippen LogP contribution is -2.31. The third-order valence-electron chi connectivity index (χ3n) is 4.13. The van der Waals surface area contributed by atoms with Gasteiger partial charge >= 0.3 is 5.69 Å². The smallest absolute Gasteiger partial charge is 0.312 e. The summed E-state index contributed by atoms with van der Waals surface area (Å²) in [5.74, 6) is -0.377. The maximum Gasteiger partial charge on any atom is 0.312 e. The Kier molecular flexibility index (Phi) is 5.57. The highest BCUT2D eigenvalue weighted by Crippen LogP contribution is 2.29. The molecule has 0 radical (unpaired) electrons. The fourth-order valence-corrected chi connectivity index (χ4v) is 2.91. The van der Waals surface area contributed by atoms with Gasteiger partial charge in [-0.05, 0) is 41.5 Å². The van der Waals surface area contributed by atoms with Gasteiger partial charge in [0.15, 0.2) is 12.4 Å². The van der Waals surface area contributed by atoms with Gasteiger partial charge < -0.3 is 10.1 Å². The van der Waals surface area contributed by atoms with Crippen LogP contribution in [-0.2, 0) is 4.79 Å². The minimum atomic E-state index is -0.600. The van der Waals surface area contributed by atoms with Gasteiger partial charge in [-0.15, -0.1) is 0 Å². The third-order valence-corrected chi connectivity index (χ3v) is 4.36. The van der Waals surface area contributed by atoms with E-state index in [0.29, 0.717) is 0 Å². The molecule has 1 N–H and O–H groups in total. The fourth-order valence-electron chi connectivity index (χ4n) is 2.74. The number of hydrogen-bond donors (Lipinski definition) is 1. The predicted octanol–water partition coefficient (Wildman–Crippen LogP) is 4.66. The van der Waals surface area contributed by atoms with Crippen LogP contribution < -0.4 is 10.1 Å². The van der Waals surface area contributed by atoms with Crippen molar-refractivity contribution in [2.75, 3.05) is 6.61 Å². The van der Waals surface area contributed by atoms with Crippen LogP contribution in [0.15, 0.2) is 60.7 Å². The molecule has 0 saturated carbocycles. The first-order valence-electron chi connectivity index (χ1n) is 8.29. The number of nitro groups is 1. The molecular weight excluding hydrogens is 368 g/mol. The summed E-state index contributed by atoms with van der Waals surface area (Å²) >= 11 is 5.76. The van der Waals surface area contributed by atoms with E-state index in [1.165, 1.54) is 18.2 Å². The fraction of sp³-hybridized carbons (Fsp3) is 0.150. The molecule has 3 rings (SSSR count). The summed E-state index contributed by atoms with van der Waals surface area (Å²) in [5, 5.41) is 16.3. The molecule has 138 valence electrons. The summed E-state index contributed by atoms with van der Waals surface area (Å²) in [6.45, 7) is 1.53.